The number of carbonyl (C=O) groups excluding carboxylic acids is 1. The highest BCUT2D eigenvalue weighted by atomic mass is 16.1. The maximum Gasteiger partial charge on any atom is 0.228 e. The van der Waals surface area contributed by atoms with Crippen LogP contribution >= 0.6 is 0 Å². The summed E-state index contributed by atoms with van der Waals surface area (Å²) in [4.78, 5) is 18.5. The summed E-state index contributed by atoms with van der Waals surface area (Å²) in [5, 5.41) is 21.7. The van der Waals surface area contributed by atoms with Gasteiger partial charge in [0.1, 0.15) is 11.0 Å². The molecule has 0 spiro atoms. The van der Waals surface area contributed by atoms with Gasteiger partial charge in [-0.05, 0) is 85.9 Å². The molecule has 3 aromatic heterocycles. The fraction of sp³-hybridized carbons (Fsp3) is 0.491. The Hall–Kier alpha value is -5.31. The van der Waals surface area contributed by atoms with Crippen LogP contribution in [0.25, 0.3) is 33.0 Å². The zero-order valence-corrected chi connectivity index (χ0v) is 41.5. The number of carbonyl (C=O) groups is 1. The van der Waals surface area contributed by atoms with Crippen molar-refractivity contribution >= 4 is 44.6 Å². The molecular weight excluding hydrogens is 765 g/mol. The number of hydrogen-bond acceptors (Lipinski definition) is 5. The van der Waals surface area contributed by atoms with Gasteiger partial charge < -0.3 is 10.3 Å². The van der Waals surface area contributed by atoms with Crippen molar-refractivity contribution in [2.75, 3.05) is 5.32 Å². The van der Waals surface area contributed by atoms with Gasteiger partial charge in [0.05, 0.1) is 35.5 Å². The van der Waals surface area contributed by atoms with Crippen LogP contribution in [0.15, 0.2) is 85.3 Å². The highest BCUT2D eigenvalue weighted by Gasteiger charge is 2.21. The van der Waals surface area contributed by atoms with Gasteiger partial charge in [-0.25, -0.2) is 4.98 Å². The van der Waals surface area contributed by atoms with Crippen LogP contribution in [0.4, 0.5) is 5.69 Å². The Bertz CT molecular complexity index is 2120. The summed E-state index contributed by atoms with van der Waals surface area (Å²) in [6, 6.07) is 25.2. The summed E-state index contributed by atoms with van der Waals surface area (Å²) in [5.74, 6) is 0.103. The van der Waals surface area contributed by atoms with E-state index in [1.165, 1.54) is 27.6 Å². The van der Waals surface area contributed by atoms with E-state index in [9.17, 15) is 4.79 Å². The average molecular weight is 849 g/mol. The average Bonchev–Trinajstić information content (AvgIpc) is 4.06. The van der Waals surface area contributed by atoms with E-state index in [0.717, 1.165) is 38.8 Å². The second kappa shape index (κ2) is 25.6. The van der Waals surface area contributed by atoms with Gasteiger partial charge in [0, 0.05) is 11.1 Å². The Morgan fingerprint density at radius 2 is 0.968 bits per heavy atom. The van der Waals surface area contributed by atoms with E-state index in [-0.39, 0.29) is 35.0 Å². The van der Waals surface area contributed by atoms with E-state index in [4.69, 9.17) is 0 Å². The normalized spacial score (nSPS) is 11.5. The van der Waals surface area contributed by atoms with Crippen LogP contribution in [0.1, 0.15) is 174 Å². The van der Waals surface area contributed by atoms with Gasteiger partial charge in [-0.3, -0.25) is 9.89 Å². The SMILES string of the molecule is C.CC.CC.CC.CC.CC(C)(C)c1ccc2c(c1)NC(=O)C2.CC(C)(C)c1ccc2cn[nH]c2c1.CC(C)(C)c1ccc2n[nH]nc2c1.CC(C)(C)c1ccc2nc[nH]c2c1. The smallest absolute Gasteiger partial charge is 0.228 e. The van der Waals surface area contributed by atoms with Gasteiger partial charge in [0.15, 0.2) is 0 Å². The number of amides is 1. The number of aromatic amines is 3. The summed E-state index contributed by atoms with van der Waals surface area (Å²) < 4.78 is 0. The molecule has 0 aliphatic carbocycles. The molecule has 4 heterocycles. The lowest BCUT2D eigenvalue weighted by Crippen LogP contribution is -2.11. The first kappa shape index (κ1) is 56.7. The molecule has 9 heteroatoms. The van der Waals surface area contributed by atoms with Crippen molar-refractivity contribution in [2.45, 2.75) is 174 Å². The monoisotopic (exact) mass is 849 g/mol. The molecule has 1 aliphatic heterocycles. The molecule has 7 aromatic rings. The molecule has 0 saturated heterocycles. The van der Waals surface area contributed by atoms with Crippen molar-refractivity contribution in [1.82, 2.24) is 35.6 Å². The van der Waals surface area contributed by atoms with Gasteiger partial charge >= 0.3 is 0 Å². The van der Waals surface area contributed by atoms with Crippen molar-refractivity contribution in [3.63, 3.8) is 0 Å². The molecule has 0 atom stereocenters. The zero-order chi connectivity index (χ0) is 46.8. The molecule has 0 bridgehead atoms. The Morgan fingerprint density at radius 1 is 0.516 bits per heavy atom. The van der Waals surface area contributed by atoms with E-state index in [1.807, 2.05) is 73.7 Å². The lowest BCUT2D eigenvalue weighted by atomic mass is 9.86. The van der Waals surface area contributed by atoms with Crippen molar-refractivity contribution in [2.24, 2.45) is 0 Å². The first-order chi connectivity index (χ1) is 28.7. The zero-order valence-electron chi connectivity index (χ0n) is 41.5. The molecule has 0 unspecified atom stereocenters. The van der Waals surface area contributed by atoms with Gasteiger partial charge in [0.2, 0.25) is 5.91 Å². The van der Waals surface area contributed by atoms with E-state index < -0.39 is 0 Å². The van der Waals surface area contributed by atoms with Gasteiger partial charge in [-0.1, -0.05) is 182 Å². The molecule has 8 rings (SSSR count). The molecule has 1 aliphatic rings. The fourth-order valence-electron chi connectivity index (χ4n) is 5.79. The summed E-state index contributed by atoms with van der Waals surface area (Å²) >= 11 is 0. The minimum Gasteiger partial charge on any atom is -0.345 e. The summed E-state index contributed by atoms with van der Waals surface area (Å²) in [7, 11) is 0. The number of imidazole rings is 1. The van der Waals surface area contributed by atoms with Crippen LogP contribution in [0, 0.1) is 0 Å². The maximum atomic E-state index is 11.1. The lowest BCUT2D eigenvalue weighted by Gasteiger charge is -2.19. The minimum atomic E-state index is 0. The van der Waals surface area contributed by atoms with Gasteiger partial charge in [-0.15, -0.1) is 0 Å². The first-order valence-electron chi connectivity index (χ1n) is 22.3. The van der Waals surface area contributed by atoms with Crippen LogP contribution in [0.5, 0.6) is 0 Å². The number of fused-ring (bicyclic) bond motifs is 4. The van der Waals surface area contributed by atoms with Crippen LogP contribution in [0.2, 0.25) is 0 Å². The molecule has 1 amide bonds. The molecule has 4 N–H and O–H groups in total. The van der Waals surface area contributed by atoms with E-state index >= 15 is 0 Å². The number of H-pyrrole nitrogens is 3. The topological polar surface area (TPSA) is 128 Å². The number of nitrogens with zero attached hydrogens (tertiary/aromatic N) is 4. The van der Waals surface area contributed by atoms with E-state index in [2.05, 4.69) is 185 Å². The largest absolute Gasteiger partial charge is 0.345 e. The van der Waals surface area contributed by atoms with Crippen LogP contribution in [0.3, 0.4) is 0 Å². The predicted octanol–water partition coefficient (Wildman–Crippen LogP) is 15.2. The molecule has 342 valence electrons. The van der Waals surface area contributed by atoms with E-state index in [1.54, 1.807) is 6.33 Å². The van der Waals surface area contributed by atoms with Crippen molar-refractivity contribution in [3.8, 4) is 0 Å². The third-order valence-electron chi connectivity index (χ3n) is 9.38. The summed E-state index contributed by atoms with van der Waals surface area (Å²) in [6.45, 7) is 42.4. The fourth-order valence-corrected chi connectivity index (χ4v) is 5.79. The second-order valence-electron chi connectivity index (χ2n) is 17.9. The maximum absolute atomic E-state index is 11.1. The molecule has 0 saturated carbocycles. The van der Waals surface area contributed by atoms with Crippen molar-refractivity contribution in [1.29, 1.82) is 0 Å². The highest BCUT2D eigenvalue weighted by Crippen LogP contribution is 2.30. The van der Waals surface area contributed by atoms with Crippen molar-refractivity contribution in [3.05, 3.63) is 113 Å². The predicted molar refractivity (Wildman–Crippen MR) is 272 cm³/mol. The van der Waals surface area contributed by atoms with E-state index in [0.29, 0.717) is 6.42 Å². The number of hydrogen-bond donors (Lipinski definition) is 4. The quantitative estimate of drug-likeness (QED) is 0.121. The number of aromatic nitrogens is 7. The highest BCUT2D eigenvalue weighted by molar-refractivity contribution is 5.99. The lowest BCUT2D eigenvalue weighted by molar-refractivity contribution is -0.115. The number of rotatable bonds is 0. The van der Waals surface area contributed by atoms with Gasteiger partial charge in [-0.2, -0.15) is 20.5 Å². The molecule has 9 nitrogen and oxygen atoms in total. The minimum absolute atomic E-state index is 0. The molecule has 0 fully saturated rings. The van der Waals surface area contributed by atoms with Crippen LogP contribution < -0.4 is 5.32 Å². The third-order valence-corrected chi connectivity index (χ3v) is 9.38. The van der Waals surface area contributed by atoms with Crippen LogP contribution in [-0.4, -0.2) is 41.5 Å². The second-order valence-corrected chi connectivity index (χ2v) is 17.9. The van der Waals surface area contributed by atoms with Gasteiger partial charge in [0.25, 0.3) is 0 Å². The summed E-state index contributed by atoms with van der Waals surface area (Å²) in [6.07, 6.45) is 4.11. The Kier molecular flexibility index (Phi) is 23.4. The van der Waals surface area contributed by atoms with Crippen molar-refractivity contribution < 1.29 is 4.79 Å². The Balaban J connectivity index is 0.000000754. The molecular formula is C53H84N8O. The molecule has 62 heavy (non-hydrogen) atoms. The summed E-state index contributed by atoms with van der Waals surface area (Å²) in [5.41, 5.74) is 13.2. The Labute approximate surface area is 376 Å². The molecule has 0 radical (unpaired) electrons. The molecule has 4 aromatic carbocycles. The standard InChI is InChI=1S/C12H15NO.2C11H14N2.C10H13N3.4C2H6.CH4/c1-12(2,3)9-5-4-8-6-11(14)13-10(8)7-9;1-11(2,3)9-5-4-8-7-12-13-10(8)6-9;1-11(2,3)8-4-5-9-10(6-8)13-7-12-9;1-10(2,3)7-4-5-8-9(6-7)12-13-11-8;4*1-2;/h4-5,7H,6H2,1-3H3,(H,13,14);2*4-7H,1-3H3,(H,12,13);4-6H,1-3H3,(H,11,12,13);4*1-2H3;1H4. The van der Waals surface area contributed by atoms with Crippen LogP contribution in [-0.2, 0) is 32.9 Å². The number of benzene rings is 4. The first-order valence-corrected chi connectivity index (χ1v) is 22.3. The third kappa shape index (κ3) is 16.9. The number of anilines is 1. The number of nitrogens with one attached hydrogen (secondary N) is 4. The Morgan fingerprint density at radius 3 is 1.52 bits per heavy atom.